The number of carbonyl (C=O) groups is 1. The van der Waals surface area contributed by atoms with Crippen molar-refractivity contribution in [1.82, 2.24) is 15.5 Å². The van der Waals surface area contributed by atoms with E-state index in [9.17, 15) is 13.6 Å². The first-order valence-corrected chi connectivity index (χ1v) is 6.32. The van der Waals surface area contributed by atoms with E-state index in [0.717, 1.165) is 12.1 Å². The molecular formula is C14H14F2N4O. The molecule has 0 saturated heterocycles. The van der Waals surface area contributed by atoms with Crippen LogP contribution in [0.1, 0.15) is 24.3 Å². The highest BCUT2D eigenvalue weighted by Crippen LogP contribution is 2.18. The van der Waals surface area contributed by atoms with Crippen LogP contribution in [0.25, 0.3) is 0 Å². The fraction of sp³-hybridized carbons (Fsp3) is 0.214. The average molecular weight is 292 g/mol. The molecule has 2 aromatic rings. The highest BCUT2D eigenvalue weighted by Gasteiger charge is 2.10. The van der Waals surface area contributed by atoms with Gasteiger partial charge in [-0.15, -0.1) is 10.2 Å². The second-order valence-electron chi connectivity index (χ2n) is 4.68. The Morgan fingerprint density at radius 1 is 1.14 bits per heavy atom. The van der Waals surface area contributed by atoms with Gasteiger partial charge in [0.25, 0.3) is 5.91 Å². The number of carbonyl (C=O) groups excluding carboxylic acids is 1. The van der Waals surface area contributed by atoms with Crippen molar-refractivity contribution in [2.45, 2.75) is 19.9 Å². The van der Waals surface area contributed by atoms with Crippen molar-refractivity contribution in [3.63, 3.8) is 0 Å². The van der Waals surface area contributed by atoms with Crippen molar-refractivity contribution < 1.29 is 13.6 Å². The predicted octanol–water partition coefficient (Wildman–Crippen LogP) is 2.64. The van der Waals surface area contributed by atoms with E-state index in [2.05, 4.69) is 20.8 Å². The molecule has 7 heteroatoms. The molecule has 0 atom stereocenters. The molecule has 5 nitrogen and oxygen atoms in total. The summed E-state index contributed by atoms with van der Waals surface area (Å²) in [5, 5.41) is 12.9. The summed E-state index contributed by atoms with van der Waals surface area (Å²) in [7, 11) is 0. The summed E-state index contributed by atoms with van der Waals surface area (Å²) in [5.41, 5.74) is 0.235. The molecule has 21 heavy (non-hydrogen) atoms. The highest BCUT2D eigenvalue weighted by molar-refractivity contribution is 5.92. The van der Waals surface area contributed by atoms with Crippen molar-refractivity contribution in [3.8, 4) is 0 Å². The van der Waals surface area contributed by atoms with Crippen molar-refractivity contribution in [2.75, 3.05) is 5.32 Å². The summed E-state index contributed by atoms with van der Waals surface area (Å²) in [6.45, 7) is 3.66. The van der Waals surface area contributed by atoms with Crippen LogP contribution in [0.2, 0.25) is 0 Å². The predicted molar refractivity (Wildman–Crippen MR) is 74.3 cm³/mol. The first-order valence-electron chi connectivity index (χ1n) is 6.32. The van der Waals surface area contributed by atoms with Crippen molar-refractivity contribution in [1.29, 1.82) is 0 Å². The first-order chi connectivity index (χ1) is 9.95. The number of hydrogen-bond donors (Lipinski definition) is 2. The fourth-order valence-electron chi connectivity index (χ4n) is 1.58. The Morgan fingerprint density at radius 3 is 2.48 bits per heavy atom. The van der Waals surface area contributed by atoms with Gasteiger partial charge in [0.2, 0.25) is 0 Å². The van der Waals surface area contributed by atoms with Crippen LogP contribution in [-0.2, 0) is 0 Å². The minimum atomic E-state index is -0.738. The van der Waals surface area contributed by atoms with Crippen LogP contribution in [0.3, 0.4) is 0 Å². The molecule has 1 aromatic heterocycles. The molecule has 0 fully saturated rings. The van der Waals surface area contributed by atoms with Gasteiger partial charge >= 0.3 is 0 Å². The lowest BCUT2D eigenvalue weighted by Crippen LogP contribution is -2.30. The monoisotopic (exact) mass is 292 g/mol. The SMILES string of the molecule is CC(C)NC(=O)c1ccc(Nc2ccc(F)cc2F)nn1. The molecule has 1 amide bonds. The van der Waals surface area contributed by atoms with Crippen LogP contribution in [0, 0.1) is 11.6 Å². The van der Waals surface area contributed by atoms with E-state index in [1.165, 1.54) is 18.2 Å². The third kappa shape index (κ3) is 3.95. The minimum Gasteiger partial charge on any atom is -0.348 e. The Balaban J connectivity index is 2.10. The van der Waals surface area contributed by atoms with Crippen LogP contribution < -0.4 is 10.6 Å². The van der Waals surface area contributed by atoms with Crippen molar-refractivity contribution in [2.24, 2.45) is 0 Å². The Morgan fingerprint density at radius 2 is 1.90 bits per heavy atom. The average Bonchev–Trinajstić information content (AvgIpc) is 2.42. The van der Waals surface area contributed by atoms with Gasteiger partial charge < -0.3 is 10.6 Å². The fourth-order valence-corrected chi connectivity index (χ4v) is 1.58. The zero-order valence-corrected chi connectivity index (χ0v) is 11.5. The van der Waals surface area contributed by atoms with E-state index >= 15 is 0 Å². The molecule has 2 N–H and O–H groups in total. The van der Waals surface area contributed by atoms with Gasteiger partial charge in [0.05, 0.1) is 5.69 Å². The standard InChI is InChI=1S/C14H14F2N4O/c1-8(2)17-14(21)12-5-6-13(20-19-12)18-11-4-3-9(15)7-10(11)16/h3-8H,1-2H3,(H,17,21)(H,18,20). The third-order valence-corrected chi connectivity index (χ3v) is 2.51. The molecule has 0 aliphatic heterocycles. The number of hydrogen-bond acceptors (Lipinski definition) is 4. The number of halogens is 2. The summed E-state index contributed by atoms with van der Waals surface area (Å²) < 4.78 is 26.3. The van der Waals surface area contributed by atoms with Gasteiger partial charge in [-0.1, -0.05) is 0 Å². The largest absolute Gasteiger partial charge is 0.348 e. The Hall–Kier alpha value is -2.57. The maximum atomic E-state index is 13.5. The molecule has 110 valence electrons. The van der Waals surface area contributed by atoms with Gasteiger partial charge in [0, 0.05) is 12.1 Å². The van der Waals surface area contributed by atoms with Gasteiger partial charge in [-0.05, 0) is 38.1 Å². The molecular weight excluding hydrogens is 278 g/mol. The number of anilines is 2. The van der Waals surface area contributed by atoms with E-state index in [-0.39, 0.29) is 29.1 Å². The Kier molecular flexibility index (Phi) is 4.42. The molecule has 0 radical (unpaired) electrons. The van der Waals surface area contributed by atoms with Crippen LogP contribution >= 0.6 is 0 Å². The lowest BCUT2D eigenvalue weighted by atomic mass is 10.3. The number of rotatable bonds is 4. The molecule has 1 aromatic carbocycles. The van der Waals surface area contributed by atoms with Crippen LogP contribution in [-0.4, -0.2) is 22.1 Å². The number of nitrogens with one attached hydrogen (secondary N) is 2. The van der Waals surface area contributed by atoms with E-state index in [1.54, 1.807) is 0 Å². The summed E-state index contributed by atoms with van der Waals surface area (Å²) in [6, 6.07) is 6.10. The lowest BCUT2D eigenvalue weighted by molar-refractivity contribution is 0.0937. The zero-order valence-electron chi connectivity index (χ0n) is 11.5. The summed E-state index contributed by atoms with van der Waals surface area (Å²) >= 11 is 0. The van der Waals surface area contributed by atoms with Gasteiger partial charge in [-0.25, -0.2) is 8.78 Å². The van der Waals surface area contributed by atoms with Crippen LogP contribution in [0.5, 0.6) is 0 Å². The molecule has 0 saturated carbocycles. The smallest absolute Gasteiger partial charge is 0.271 e. The lowest BCUT2D eigenvalue weighted by Gasteiger charge is -2.08. The summed E-state index contributed by atoms with van der Waals surface area (Å²) in [5.74, 6) is -1.48. The molecule has 0 aliphatic carbocycles. The zero-order chi connectivity index (χ0) is 15.4. The van der Waals surface area contributed by atoms with Gasteiger partial charge in [0.1, 0.15) is 11.6 Å². The van der Waals surface area contributed by atoms with Crippen LogP contribution in [0.4, 0.5) is 20.3 Å². The third-order valence-electron chi connectivity index (χ3n) is 2.51. The molecule has 2 rings (SSSR count). The number of benzene rings is 1. The number of aromatic nitrogens is 2. The normalized spacial score (nSPS) is 10.5. The van der Waals surface area contributed by atoms with Gasteiger partial charge in [-0.2, -0.15) is 0 Å². The van der Waals surface area contributed by atoms with E-state index < -0.39 is 11.6 Å². The Labute approximate surface area is 120 Å². The Bertz CT molecular complexity index is 644. The van der Waals surface area contributed by atoms with E-state index in [0.29, 0.717) is 0 Å². The second-order valence-corrected chi connectivity index (χ2v) is 4.68. The molecule has 0 spiro atoms. The van der Waals surface area contributed by atoms with Gasteiger partial charge in [-0.3, -0.25) is 4.79 Å². The topological polar surface area (TPSA) is 66.9 Å². The first kappa shape index (κ1) is 14.8. The van der Waals surface area contributed by atoms with Crippen LogP contribution in [0.15, 0.2) is 30.3 Å². The number of amides is 1. The van der Waals surface area contributed by atoms with Gasteiger partial charge in [0.15, 0.2) is 11.5 Å². The molecule has 0 bridgehead atoms. The highest BCUT2D eigenvalue weighted by atomic mass is 19.1. The second kappa shape index (κ2) is 6.25. The minimum absolute atomic E-state index is 0.00888. The summed E-state index contributed by atoms with van der Waals surface area (Å²) in [6.07, 6.45) is 0. The molecule has 1 heterocycles. The van der Waals surface area contributed by atoms with Crippen molar-refractivity contribution >= 4 is 17.4 Å². The van der Waals surface area contributed by atoms with E-state index in [4.69, 9.17) is 0 Å². The summed E-state index contributed by atoms with van der Waals surface area (Å²) in [4.78, 5) is 11.7. The van der Waals surface area contributed by atoms with Crippen molar-refractivity contribution in [3.05, 3.63) is 47.7 Å². The number of nitrogens with zero attached hydrogens (tertiary/aromatic N) is 2. The maximum absolute atomic E-state index is 13.5. The molecule has 0 aliphatic rings. The quantitative estimate of drug-likeness (QED) is 0.909. The molecule has 0 unspecified atom stereocenters. The van der Waals surface area contributed by atoms with E-state index in [1.807, 2.05) is 13.8 Å². The maximum Gasteiger partial charge on any atom is 0.271 e.